The van der Waals surface area contributed by atoms with Crippen molar-refractivity contribution < 1.29 is 28.2 Å². The molecule has 2 N–H and O–H groups in total. The summed E-state index contributed by atoms with van der Waals surface area (Å²) < 4.78 is 22.9. The van der Waals surface area contributed by atoms with Crippen molar-refractivity contribution in [2.75, 3.05) is 19.7 Å². The van der Waals surface area contributed by atoms with Crippen molar-refractivity contribution in [3.05, 3.63) is 70.5 Å². The zero-order chi connectivity index (χ0) is 21.4. The second-order valence-electron chi connectivity index (χ2n) is 7.46. The number of fused-ring (bicyclic) bond motifs is 1. The minimum Gasteiger partial charge on any atom is -0.489 e. The van der Waals surface area contributed by atoms with Gasteiger partial charge in [0.15, 0.2) is 22.9 Å². The minimum absolute atomic E-state index is 0.0900. The summed E-state index contributed by atoms with van der Waals surface area (Å²) in [6, 6.07) is 9.97. The van der Waals surface area contributed by atoms with Crippen molar-refractivity contribution in [3.8, 4) is 0 Å². The van der Waals surface area contributed by atoms with Crippen LogP contribution in [0.3, 0.4) is 0 Å². The van der Waals surface area contributed by atoms with Gasteiger partial charge in [0, 0.05) is 13.8 Å². The van der Waals surface area contributed by atoms with Crippen LogP contribution >= 0.6 is 11.6 Å². The Morgan fingerprint density at radius 3 is 2.63 bits per heavy atom. The first-order valence-electron chi connectivity index (χ1n) is 9.40. The Kier molecular flexibility index (Phi) is 5.21. The van der Waals surface area contributed by atoms with Crippen LogP contribution in [0.1, 0.15) is 34.8 Å². The fraction of sp³-hybridized carbons (Fsp3) is 0.333. The molecule has 3 heterocycles. The van der Waals surface area contributed by atoms with Crippen LogP contribution in [0, 0.1) is 0 Å². The number of amides is 2. The molecule has 0 radical (unpaired) electrons. The van der Waals surface area contributed by atoms with Crippen molar-refractivity contribution in [1.82, 2.24) is 10.6 Å². The van der Waals surface area contributed by atoms with Gasteiger partial charge in [0.05, 0.1) is 29.9 Å². The molecule has 9 heteroatoms. The monoisotopic (exact) mass is 432 g/mol. The van der Waals surface area contributed by atoms with Gasteiger partial charge in [-0.25, -0.2) is 0 Å². The van der Waals surface area contributed by atoms with Crippen LogP contribution in [0.5, 0.6) is 0 Å². The third kappa shape index (κ3) is 3.88. The smallest absolute Gasteiger partial charge is 0.287 e. The molecule has 0 aliphatic carbocycles. The van der Waals surface area contributed by atoms with Gasteiger partial charge in [-0.3, -0.25) is 9.59 Å². The number of carbonyl (C=O) groups excluding carboxylic acids is 2. The maximum Gasteiger partial charge on any atom is 0.287 e. The van der Waals surface area contributed by atoms with E-state index in [2.05, 4.69) is 10.6 Å². The molecule has 4 rings (SSSR count). The molecule has 2 aliphatic heterocycles. The topological polar surface area (TPSA) is 99.0 Å². The Morgan fingerprint density at radius 2 is 1.90 bits per heavy atom. The predicted octanol–water partition coefficient (Wildman–Crippen LogP) is 2.86. The highest BCUT2D eigenvalue weighted by Gasteiger charge is 2.56. The lowest BCUT2D eigenvalue weighted by molar-refractivity contribution is -0.170. The Hall–Kier alpha value is -2.97. The summed E-state index contributed by atoms with van der Waals surface area (Å²) in [7, 11) is 0. The van der Waals surface area contributed by atoms with E-state index in [1.807, 2.05) is 0 Å². The number of rotatable bonds is 6. The second kappa shape index (κ2) is 7.70. The molecule has 1 saturated heterocycles. The van der Waals surface area contributed by atoms with E-state index in [0.717, 1.165) is 0 Å². The number of ether oxygens (including phenoxy) is 3. The van der Waals surface area contributed by atoms with Crippen LogP contribution in [0.2, 0.25) is 5.02 Å². The number of benzene rings is 1. The van der Waals surface area contributed by atoms with Crippen LogP contribution < -0.4 is 10.6 Å². The maximum atomic E-state index is 12.5. The predicted molar refractivity (Wildman–Crippen MR) is 107 cm³/mol. The third-order valence-electron chi connectivity index (χ3n) is 4.74. The molecule has 2 amide bonds. The molecule has 1 fully saturated rings. The van der Waals surface area contributed by atoms with Crippen molar-refractivity contribution in [2.24, 2.45) is 0 Å². The Labute approximate surface area is 178 Å². The number of furan rings is 1. The van der Waals surface area contributed by atoms with Gasteiger partial charge in [-0.1, -0.05) is 23.7 Å². The average molecular weight is 433 g/mol. The lowest BCUT2D eigenvalue weighted by Crippen LogP contribution is -2.46. The standard InChI is InChI=1S/C21H21ClN2O6/c1-20(2)29-17-16(10-23-18(25)13-6-3-4-7-14(13)22)28-12-21(17,30-20)11-24-19(26)15-8-5-9-27-15/h3-9H,10-12H2,1-2H3,(H,23,25)(H,24,26)/t21-/m0/s1. The summed E-state index contributed by atoms with van der Waals surface area (Å²) >= 11 is 6.08. The van der Waals surface area contributed by atoms with E-state index in [9.17, 15) is 9.59 Å². The first-order chi connectivity index (χ1) is 14.3. The fourth-order valence-electron chi connectivity index (χ4n) is 3.47. The molecule has 1 aromatic carbocycles. The summed E-state index contributed by atoms with van der Waals surface area (Å²) in [5, 5.41) is 5.93. The van der Waals surface area contributed by atoms with Gasteiger partial charge in [0.1, 0.15) is 6.61 Å². The zero-order valence-corrected chi connectivity index (χ0v) is 17.2. The molecule has 1 atom stereocenters. The first kappa shape index (κ1) is 20.3. The molecule has 0 saturated carbocycles. The highest BCUT2D eigenvalue weighted by atomic mass is 35.5. The molecule has 158 valence electrons. The molecular formula is C21H21ClN2O6. The second-order valence-corrected chi connectivity index (χ2v) is 7.87. The van der Waals surface area contributed by atoms with Gasteiger partial charge in [0.2, 0.25) is 5.79 Å². The Bertz CT molecular complexity index is 1000. The molecule has 2 aromatic rings. The quantitative estimate of drug-likeness (QED) is 0.728. The van der Waals surface area contributed by atoms with Crippen molar-refractivity contribution in [1.29, 1.82) is 0 Å². The lowest BCUT2D eigenvalue weighted by atomic mass is 10.0. The van der Waals surface area contributed by atoms with Crippen molar-refractivity contribution in [2.45, 2.75) is 25.2 Å². The molecule has 2 aliphatic rings. The SMILES string of the molecule is CC1(C)OC2=C(CNC(=O)c3ccccc3Cl)OC[C@]2(CNC(=O)c2ccco2)O1. The van der Waals surface area contributed by atoms with E-state index in [1.54, 1.807) is 50.2 Å². The largest absolute Gasteiger partial charge is 0.489 e. The molecular weight excluding hydrogens is 412 g/mol. The number of nitrogens with one attached hydrogen (secondary N) is 2. The van der Waals surface area contributed by atoms with Gasteiger partial charge in [-0.15, -0.1) is 0 Å². The van der Waals surface area contributed by atoms with Crippen molar-refractivity contribution in [3.63, 3.8) is 0 Å². The van der Waals surface area contributed by atoms with Gasteiger partial charge in [-0.05, 0) is 24.3 Å². The van der Waals surface area contributed by atoms with Gasteiger partial charge in [-0.2, -0.15) is 0 Å². The Balaban J connectivity index is 1.48. The van der Waals surface area contributed by atoms with Crippen molar-refractivity contribution >= 4 is 23.4 Å². The lowest BCUT2D eigenvalue weighted by Gasteiger charge is -2.24. The number of carbonyl (C=O) groups is 2. The molecule has 0 spiro atoms. The molecule has 8 nitrogen and oxygen atoms in total. The third-order valence-corrected chi connectivity index (χ3v) is 5.07. The minimum atomic E-state index is -0.990. The van der Waals surface area contributed by atoms with Gasteiger partial charge in [0.25, 0.3) is 11.8 Å². The summed E-state index contributed by atoms with van der Waals surface area (Å²) in [4.78, 5) is 24.7. The average Bonchev–Trinajstić information content (AvgIpc) is 3.40. The van der Waals surface area contributed by atoms with Gasteiger partial charge >= 0.3 is 0 Å². The van der Waals surface area contributed by atoms with Crippen LogP contribution in [0.25, 0.3) is 0 Å². The summed E-state index contributed by atoms with van der Waals surface area (Å²) in [6.45, 7) is 3.89. The van der Waals surface area contributed by atoms with E-state index < -0.39 is 11.4 Å². The van der Waals surface area contributed by atoms with Crippen LogP contribution in [-0.2, 0) is 14.2 Å². The molecule has 1 aromatic heterocycles. The zero-order valence-electron chi connectivity index (χ0n) is 16.5. The van der Waals surface area contributed by atoms with Crippen LogP contribution in [0.15, 0.2) is 58.6 Å². The van der Waals surface area contributed by atoms with Crippen LogP contribution in [-0.4, -0.2) is 42.9 Å². The molecule has 0 bridgehead atoms. The highest BCUT2D eigenvalue weighted by molar-refractivity contribution is 6.33. The maximum absolute atomic E-state index is 12.5. The van der Waals surface area contributed by atoms with Gasteiger partial charge < -0.3 is 29.3 Å². The molecule has 0 unspecified atom stereocenters. The number of hydrogen-bond donors (Lipinski definition) is 2. The normalized spacial score (nSPS) is 21.6. The first-order valence-corrected chi connectivity index (χ1v) is 9.77. The number of halogens is 1. The molecule has 30 heavy (non-hydrogen) atoms. The highest BCUT2D eigenvalue weighted by Crippen LogP contribution is 2.45. The van der Waals surface area contributed by atoms with E-state index >= 15 is 0 Å². The summed E-state index contributed by atoms with van der Waals surface area (Å²) in [5.41, 5.74) is -0.625. The van der Waals surface area contributed by atoms with E-state index in [1.165, 1.54) is 6.26 Å². The van der Waals surface area contributed by atoms with E-state index in [4.69, 9.17) is 30.2 Å². The fourth-order valence-corrected chi connectivity index (χ4v) is 3.69. The summed E-state index contributed by atoms with van der Waals surface area (Å²) in [5.74, 6) is -0.533. The Morgan fingerprint density at radius 1 is 1.10 bits per heavy atom. The number of hydrogen-bond acceptors (Lipinski definition) is 6. The van der Waals surface area contributed by atoms with E-state index in [-0.39, 0.29) is 37.3 Å². The summed E-state index contributed by atoms with van der Waals surface area (Å²) in [6.07, 6.45) is 1.43. The van der Waals surface area contributed by atoms with E-state index in [0.29, 0.717) is 22.1 Å². The van der Waals surface area contributed by atoms with Crippen LogP contribution in [0.4, 0.5) is 0 Å².